The first kappa shape index (κ1) is 9.38. The molecule has 5 heteroatoms. The van der Waals surface area contributed by atoms with Gasteiger partial charge in [-0.15, -0.1) is 11.8 Å². The molecule has 0 aromatic heterocycles. The Morgan fingerprint density at radius 3 is 3.00 bits per heavy atom. The maximum Gasteiger partial charge on any atom is 0.318 e. The van der Waals surface area contributed by atoms with Crippen molar-refractivity contribution in [2.75, 3.05) is 19.3 Å². The smallest absolute Gasteiger partial charge is 0.318 e. The molecule has 0 aromatic rings. The van der Waals surface area contributed by atoms with Gasteiger partial charge in [-0.05, 0) is 0 Å². The number of hydrogen-bond donors (Lipinski definition) is 1. The number of amides is 1. The van der Waals surface area contributed by atoms with Crippen LogP contribution in [0.4, 0.5) is 0 Å². The second-order valence-electron chi connectivity index (χ2n) is 2.72. The Balaban J connectivity index is 2.59. The third kappa shape index (κ3) is 2.14. The monoisotopic (exact) mass is 189 g/mol. The Hall–Kier alpha value is -0.710. The van der Waals surface area contributed by atoms with Crippen LogP contribution in [0.25, 0.3) is 0 Å². The number of hydrogen-bond acceptors (Lipinski definition) is 3. The van der Waals surface area contributed by atoms with Gasteiger partial charge in [-0.25, -0.2) is 0 Å². The molecule has 1 heterocycles. The van der Waals surface area contributed by atoms with E-state index in [1.807, 2.05) is 0 Å². The van der Waals surface area contributed by atoms with E-state index in [9.17, 15) is 9.59 Å². The quantitative estimate of drug-likeness (QED) is 0.632. The normalized spacial score (nSPS) is 25.2. The number of nitrogens with zero attached hydrogens (tertiary/aromatic N) is 1. The molecule has 0 spiro atoms. The standard InChI is InChI=1S/C7H11NO3S/c1-8-4-5(7(10)11)12-3-2-6(8)9/h5H,2-4H2,1H3,(H,10,11). The highest BCUT2D eigenvalue weighted by Gasteiger charge is 2.25. The van der Waals surface area contributed by atoms with Crippen LogP contribution in [0.15, 0.2) is 0 Å². The van der Waals surface area contributed by atoms with Crippen LogP contribution >= 0.6 is 11.8 Å². The fourth-order valence-corrected chi connectivity index (χ4v) is 2.08. The molecule has 1 N–H and O–H groups in total. The largest absolute Gasteiger partial charge is 0.480 e. The Labute approximate surface area is 74.9 Å². The molecule has 0 saturated carbocycles. The van der Waals surface area contributed by atoms with Crippen molar-refractivity contribution in [2.45, 2.75) is 11.7 Å². The summed E-state index contributed by atoms with van der Waals surface area (Å²) in [5.74, 6) is -0.187. The third-order valence-electron chi connectivity index (χ3n) is 1.78. The zero-order valence-corrected chi connectivity index (χ0v) is 7.63. The number of rotatable bonds is 1. The molecule has 1 fully saturated rings. The van der Waals surface area contributed by atoms with Crippen LogP contribution in [0.5, 0.6) is 0 Å². The Morgan fingerprint density at radius 2 is 2.42 bits per heavy atom. The molecule has 4 nitrogen and oxygen atoms in total. The maximum absolute atomic E-state index is 11.1. The van der Waals surface area contributed by atoms with Gasteiger partial charge in [-0.2, -0.15) is 0 Å². The van der Waals surface area contributed by atoms with Crippen LogP contribution in [0.1, 0.15) is 6.42 Å². The first-order valence-electron chi connectivity index (χ1n) is 3.69. The fraction of sp³-hybridized carbons (Fsp3) is 0.714. The van der Waals surface area contributed by atoms with E-state index in [4.69, 9.17) is 5.11 Å². The van der Waals surface area contributed by atoms with Crippen LogP contribution in [0, 0.1) is 0 Å². The highest BCUT2D eigenvalue weighted by molar-refractivity contribution is 8.00. The van der Waals surface area contributed by atoms with Gasteiger partial charge >= 0.3 is 5.97 Å². The SMILES string of the molecule is CN1CC(C(=O)O)SCCC1=O. The summed E-state index contributed by atoms with van der Waals surface area (Å²) in [5.41, 5.74) is 0. The summed E-state index contributed by atoms with van der Waals surface area (Å²) in [7, 11) is 1.64. The van der Waals surface area contributed by atoms with Crippen molar-refractivity contribution in [2.24, 2.45) is 0 Å². The minimum absolute atomic E-state index is 0.0336. The van der Waals surface area contributed by atoms with Crippen molar-refractivity contribution in [1.82, 2.24) is 4.90 Å². The summed E-state index contributed by atoms with van der Waals surface area (Å²) >= 11 is 1.34. The predicted molar refractivity (Wildman–Crippen MR) is 46.1 cm³/mol. The van der Waals surface area contributed by atoms with Gasteiger partial charge in [-0.3, -0.25) is 9.59 Å². The van der Waals surface area contributed by atoms with E-state index >= 15 is 0 Å². The van der Waals surface area contributed by atoms with E-state index in [0.29, 0.717) is 18.7 Å². The summed E-state index contributed by atoms with van der Waals surface area (Å²) in [6.07, 6.45) is 0.449. The summed E-state index contributed by atoms with van der Waals surface area (Å²) in [6.45, 7) is 0.318. The number of carboxylic acid groups (broad SMARTS) is 1. The molecule has 12 heavy (non-hydrogen) atoms. The third-order valence-corrected chi connectivity index (χ3v) is 2.97. The second kappa shape index (κ2) is 3.80. The lowest BCUT2D eigenvalue weighted by atomic mass is 10.3. The zero-order chi connectivity index (χ0) is 9.14. The van der Waals surface area contributed by atoms with E-state index in [0.717, 1.165) is 0 Å². The van der Waals surface area contributed by atoms with E-state index in [-0.39, 0.29) is 5.91 Å². The number of carbonyl (C=O) groups is 2. The molecule has 0 aromatic carbocycles. The molecule has 1 rings (SSSR count). The molecule has 0 bridgehead atoms. The van der Waals surface area contributed by atoms with Gasteiger partial charge in [-0.1, -0.05) is 0 Å². The molecule has 1 aliphatic heterocycles. The minimum atomic E-state index is -0.832. The van der Waals surface area contributed by atoms with Gasteiger partial charge in [0.1, 0.15) is 5.25 Å². The molecule has 0 radical (unpaired) electrons. The van der Waals surface area contributed by atoms with Gasteiger partial charge < -0.3 is 10.0 Å². The Morgan fingerprint density at radius 1 is 1.75 bits per heavy atom. The average Bonchev–Trinajstić information content (AvgIpc) is 2.15. The molecule has 1 atom stereocenters. The van der Waals surface area contributed by atoms with Crippen molar-refractivity contribution >= 4 is 23.6 Å². The summed E-state index contributed by atoms with van der Waals surface area (Å²) in [5, 5.41) is 8.25. The van der Waals surface area contributed by atoms with Crippen LogP contribution in [-0.2, 0) is 9.59 Å². The van der Waals surface area contributed by atoms with Gasteiger partial charge in [0.15, 0.2) is 0 Å². The van der Waals surface area contributed by atoms with Crippen molar-refractivity contribution in [1.29, 1.82) is 0 Å². The van der Waals surface area contributed by atoms with E-state index in [1.165, 1.54) is 16.7 Å². The second-order valence-corrected chi connectivity index (χ2v) is 4.03. The molecule has 1 unspecified atom stereocenters. The number of aliphatic carboxylic acids is 1. The highest BCUT2D eigenvalue weighted by atomic mass is 32.2. The lowest BCUT2D eigenvalue weighted by Crippen LogP contribution is -2.34. The molecule has 1 aliphatic rings. The average molecular weight is 189 g/mol. The Kier molecular flexibility index (Phi) is 2.97. The topological polar surface area (TPSA) is 57.6 Å². The van der Waals surface area contributed by atoms with Crippen molar-refractivity contribution in [3.63, 3.8) is 0 Å². The first-order valence-corrected chi connectivity index (χ1v) is 4.74. The summed E-state index contributed by atoms with van der Waals surface area (Å²) in [4.78, 5) is 23.2. The summed E-state index contributed by atoms with van der Waals surface area (Å²) < 4.78 is 0. The van der Waals surface area contributed by atoms with E-state index < -0.39 is 11.2 Å². The molecule has 0 aliphatic carbocycles. The minimum Gasteiger partial charge on any atom is -0.480 e. The molecule has 1 saturated heterocycles. The van der Waals surface area contributed by atoms with Gasteiger partial charge in [0.25, 0.3) is 0 Å². The van der Waals surface area contributed by atoms with Gasteiger partial charge in [0.2, 0.25) is 5.91 Å². The number of carboxylic acids is 1. The number of carbonyl (C=O) groups excluding carboxylic acids is 1. The van der Waals surface area contributed by atoms with Crippen molar-refractivity contribution < 1.29 is 14.7 Å². The fourth-order valence-electron chi connectivity index (χ4n) is 1.03. The lowest BCUT2D eigenvalue weighted by Gasteiger charge is -2.16. The molecule has 68 valence electrons. The predicted octanol–water partition coefficient (Wildman–Crippen LogP) is 0.0349. The molecular weight excluding hydrogens is 178 g/mol. The molecule has 1 amide bonds. The van der Waals surface area contributed by atoms with Crippen LogP contribution in [0.3, 0.4) is 0 Å². The van der Waals surface area contributed by atoms with Crippen LogP contribution in [-0.4, -0.2) is 46.5 Å². The van der Waals surface area contributed by atoms with Gasteiger partial charge in [0, 0.05) is 25.8 Å². The van der Waals surface area contributed by atoms with E-state index in [2.05, 4.69) is 0 Å². The van der Waals surface area contributed by atoms with E-state index in [1.54, 1.807) is 7.05 Å². The van der Waals surface area contributed by atoms with Crippen molar-refractivity contribution in [3.8, 4) is 0 Å². The van der Waals surface area contributed by atoms with Crippen LogP contribution in [0.2, 0.25) is 0 Å². The zero-order valence-electron chi connectivity index (χ0n) is 6.82. The van der Waals surface area contributed by atoms with Crippen LogP contribution < -0.4 is 0 Å². The molecular formula is C7H11NO3S. The summed E-state index contributed by atoms with van der Waals surface area (Å²) in [6, 6.07) is 0. The maximum atomic E-state index is 11.1. The van der Waals surface area contributed by atoms with Gasteiger partial charge in [0.05, 0.1) is 0 Å². The highest BCUT2D eigenvalue weighted by Crippen LogP contribution is 2.18. The van der Waals surface area contributed by atoms with Crippen molar-refractivity contribution in [3.05, 3.63) is 0 Å². The first-order chi connectivity index (χ1) is 5.61. The number of thioether (sulfide) groups is 1. The lowest BCUT2D eigenvalue weighted by molar-refractivity contribution is -0.137. The Bertz CT molecular complexity index is 207.